The number of carbonyl (C=O) groups is 1. The van der Waals surface area contributed by atoms with Crippen LogP contribution in [0.3, 0.4) is 0 Å². The fourth-order valence-corrected chi connectivity index (χ4v) is 5.63. The molecule has 0 bridgehead atoms. The van der Waals surface area contributed by atoms with Gasteiger partial charge in [0, 0.05) is 15.5 Å². The number of anilines is 2. The number of nitrogens with zero attached hydrogens (tertiary/aromatic N) is 3. The first kappa shape index (κ1) is 38.8. The van der Waals surface area contributed by atoms with Crippen molar-refractivity contribution in [3.8, 4) is 0 Å². The Morgan fingerprint density at radius 3 is 2.27 bits per heavy atom. The summed E-state index contributed by atoms with van der Waals surface area (Å²) >= 11 is 4.53. The van der Waals surface area contributed by atoms with Crippen LogP contribution in [-0.4, -0.2) is 44.4 Å². The molecule has 0 radical (unpaired) electrons. The average Bonchev–Trinajstić information content (AvgIpc) is 3.68. The number of benzene rings is 2. The predicted octanol–water partition coefficient (Wildman–Crippen LogP) is 8.75. The van der Waals surface area contributed by atoms with E-state index in [0.717, 1.165) is 15.5 Å². The second-order valence-electron chi connectivity index (χ2n) is 11.3. The van der Waals surface area contributed by atoms with Crippen LogP contribution in [0.5, 0.6) is 0 Å². The Balaban J connectivity index is 0.000000322. The summed E-state index contributed by atoms with van der Waals surface area (Å²) < 4.78 is 66.4. The number of nitrogens with two attached hydrogens (primary N) is 1. The Morgan fingerprint density at radius 1 is 1.06 bits per heavy atom. The van der Waals surface area contributed by atoms with E-state index in [4.69, 9.17) is 15.0 Å². The lowest BCUT2D eigenvalue weighted by molar-refractivity contribution is -0.137. The first-order valence-corrected chi connectivity index (χ1v) is 16.8. The first-order valence-electron chi connectivity index (χ1n) is 15.1. The van der Waals surface area contributed by atoms with E-state index >= 15 is 0 Å². The normalized spacial score (nSPS) is 14.7. The average molecular weight is 753 g/mol. The number of nitrogen functional groups attached to an aromatic ring is 1. The van der Waals surface area contributed by atoms with Crippen molar-refractivity contribution in [2.24, 2.45) is 0 Å². The Kier molecular flexibility index (Phi) is 12.7. The minimum Gasteiger partial charge on any atom is -0.399 e. The molecule has 4 heterocycles. The lowest BCUT2D eigenvalue weighted by Gasteiger charge is -2.32. The van der Waals surface area contributed by atoms with Crippen LogP contribution in [-0.2, 0) is 15.5 Å². The fourth-order valence-electron chi connectivity index (χ4n) is 4.18. The second kappa shape index (κ2) is 15.7. The van der Waals surface area contributed by atoms with Crippen LogP contribution in [0.4, 0.5) is 29.1 Å². The van der Waals surface area contributed by atoms with E-state index < -0.39 is 47.5 Å². The minimum absolute atomic E-state index is 0.238. The smallest absolute Gasteiger partial charge is 0.399 e. The molecular formula is C32H38BBrF4N6O3S. The van der Waals surface area contributed by atoms with E-state index in [1.807, 2.05) is 47.6 Å². The van der Waals surface area contributed by atoms with Crippen LogP contribution in [0.25, 0.3) is 21.1 Å². The summed E-state index contributed by atoms with van der Waals surface area (Å²) in [5, 5.41) is 11.7. The molecule has 0 atom stereocenters. The predicted molar refractivity (Wildman–Crippen MR) is 188 cm³/mol. The molecule has 4 N–H and O–H groups in total. The molecular weight excluding hydrogens is 715 g/mol. The Labute approximate surface area is 289 Å². The topological polar surface area (TPSA) is 128 Å². The van der Waals surface area contributed by atoms with Crippen LogP contribution in [0.1, 0.15) is 77.7 Å². The van der Waals surface area contributed by atoms with Crippen LogP contribution in [0.2, 0.25) is 0 Å². The van der Waals surface area contributed by atoms with Crippen molar-refractivity contribution in [3.63, 3.8) is 0 Å². The maximum absolute atomic E-state index is 14.0. The summed E-state index contributed by atoms with van der Waals surface area (Å²) in [6.07, 6.45) is -2.02. The molecule has 1 saturated heterocycles. The van der Waals surface area contributed by atoms with Gasteiger partial charge in [0.05, 0.1) is 33.4 Å². The van der Waals surface area contributed by atoms with Crippen molar-refractivity contribution >= 4 is 78.4 Å². The van der Waals surface area contributed by atoms with Crippen molar-refractivity contribution in [1.82, 2.24) is 20.2 Å². The molecule has 5 aromatic rings. The number of amides is 1. The lowest BCUT2D eigenvalue weighted by Crippen LogP contribution is -2.41. The highest BCUT2D eigenvalue weighted by atomic mass is 79.9. The molecule has 1 amide bonds. The number of nitrogens with one attached hydrogen (secondary N) is 2. The summed E-state index contributed by atoms with van der Waals surface area (Å²) in [5.74, 6) is -1.22. The zero-order valence-corrected chi connectivity index (χ0v) is 30.2. The Hall–Kier alpha value is -3.60. The van der Waals surface area contributed by atoms with Gasteiger partial charge >= 0.3 is 13.3 Å². The molecule has 9 nitrogen and oxygen atoms in total. The van der Waals surface area contributed by atoms with Crippen LogP contribution in [0.15, 0.2) is 52.7 Å². The summed E-state index contributed by atoms with van der Waals surface area (Å²) in [6, 6.07) is 7.24. The van der Waals surface area contributed by atoms with E-state index in [1.165, 1.54) is 24.1 Å². The number of rotatable bonds is 3. The number of hydrogen-bond donors (Lipinski definition) is 3. The number of alkyl halides is 3. The highest BCUT2D eigenvalue weighted by Crippen LogP contribution is 2.37. The van der Waals surface area contributed by atoms with Gasteiger partial charge in [-0.15, -0.1) is 11.3 Å². The first-order chi connectivity index (χ1) is 22.5. The van der Waals surface area contributed by atoms with Gasteiger partial charge < -0.3 is 20.4 Å². The molecule has 258 valence electrons. The number of fused-ring (bicyclic) bond motifs is 2. The second-order valence-corrected chi connectivity index (χ2v) is 13.0. The molecule has 1 aliphatic rings. The summed E-state index contributed by atoms with van der Waals surface area (Å²) in [6.45, 7) is 16.1. The third kappa shape index (κ3) is 8.70. The molecule has 1 aliphatic heterocycles. The maximum Gasteiger partial charge on any atom is 0.494 e. The number of hydrogen-bond acceptors (Lipinski definition) is 8. The van der Waals surface area contributed by atoms with Gasteiger partial charge in [0.2, 0.25) is 0 Å². The van der Waals surface area contributed by atoms with Crippen LogP contribution < -0.4 is 16.5 Å². The molecule has 0 unspecified atom stereocenters. The van der Waals surface area contributed by atoms with Crippen LogP contribution >= 0.6 is 27.3 Å². The van der Waals surface area contributed by atoms with E-state index in [-0.39, 0.29) is 5.56 Å². The van der Waals surface area contributed by atoms with E-state index in [0.29, 0.717) is 39.7 Å². The molecule has 6 rings (SSSR count). The molecule has 0 aliphatic carbocycles. The van der Waals surface area contributed by atoms with Gasteiger partial charge in [0.15, 0.2) is 5.65 Å². The number of H-pyrrole nitrogens is 1. The molecule has 0 saturated carbocycles. The third-order valence-electron chi connectivity index (χ3n) is 7.25. The zero-order valence-electron chi connectivity index (χ0n) is 27.8. The molecule has 16 heteroatoms. The minimum atomic E-state index is -4.65. The Morgan fingerprint density at radius 2 is 1.69 bits per heavy atom. The van der Waals surface area contributed by atoms with Gasteiger partial charge in [-0.3, -0.25) is 9.89 Å². The monoisotopic (exact) mass is 752 g/mol. The van der Waals surface area contributed by atoms with Crippen LogP contribution in [0, 0.1) is 5.82 Å². The molecule has 0 spiro atoms. The van der Waals surface area contributed by atoms with Crippen molar-refractivity contribution < 1.29 is 31.7 Å². The molecule has 48 heavy (non-hydrogen) atoms. The highest BCUT2D eigenvalue weighted by molar-refractivity contribution is 9.10. The van der Waals surface area contributed by atoms with E-state index in [2.05, 4.69) is 55.3 Å². The number of carbonyl (C=O) groups excluding carboxylic acids is 1. The summed E-state index contributed by atoms with van der Waals surface area (Å²) in [4.78, 5) is 20.4. The van der Waals surface area contributed by atoms with Crippen molar-refractivity contribution in [2.75, 3.05) is 11.1 Å². The molecule has 2 aromatic carbocycles. The lowest BCUT2D eigenvalue weighted by atomic mass is 9.79. The fraction of sp³-hybridized carbons (Fsp3) is 0.375. The molecule has 3 aromatic heterocycles. The quantitative estimate of drug-likeness (QED) is 0.124. The maximum atomic E-state index is 14.0. The van der Waals surface area contributed by atoms with Gasteiger partial charge in [-0.05, 0) is 73.4 Å². The van der Waals surface area contributed by atoms with Gasteiger partial charge in [0.25, 0.3) is 5.91 Å². The van der Waals surface area contributed by atoms with E-state index in [1.54, 1.807) is 17.5 Å². The Bertz CT molecular complexity index is 1850. The number of thiophene rings is 1. The standard InChI is InChI=1S/C22H20BF4NO3S.C5H4BrN5.C3H8.C2H6/c1-20(2)21(3,4)31-23(30-20)13-6-7-14-15(11-32-18(14)10-13)19(29)28-17-9-12(22(25,26)27)5-8-16(17)24;6-3-2-4(7)8-1-9-5(2)11-10-3;1-3-2;1-2/h5-11H,1-4H3,(H,28,29);1H,(H3,7,8,9,10,11);3H2,1-2H3;1-2H3. The van der Waals surface area contributed by atoms with Crippen molar-refractivity contribution in [3.05, 3.63) is 69.7 Å². The third-order valence-corrected chi connectivity index (χ3v) is 8.77. The largest absolute Gasteiger partial charge is 0.494 e. The van der Waals surface area contributed by atoms with E-state index in [9.17, 15) is 22.4 Å². The van der Waals surface area contributed by atoms with Crippen molar-refractivity contribution in [1.29, 1.82) is 0 Å². The van der Waals surface area contributed by atoms with Gasteiger partial charge in [-0.1, -0.05) is 46.2 Å². The summed E-state index contributed by atoms with van der Waals surface area (Å²) in [5.41, 5.74) is 4.59. The summed E-state index contributed by atoms with van der Waals surface area (Å²) in [7, 11) is -0.567. The molecule has 1 fully saturated rings. The van der Waals surface area contributed by atoms with Gasteiger partial charge in [-0.2, -0.15) is 18.3 Å². The number of halogens is 5. The van der Waals surface area contributed by atoms with Gasteiger partial charge in [0.1, 0.15) is 22.6 Å². The zero-order chi connectivity index (χ0) is 36.0. The number of aromatic amines is 1. The van der Waals surface area contributed by atoms with Crippen molar-refractivity contribution in [2.45, 2.75) is 79.2 Å². The SMILES string of the molecule is CC.CC1(C)OB(c2ccc3c(C(=O)Nc4cc(C(F)(F)F)ccc4F)csc3c2)OC1(C)C.CCC.Nc1ncnc2n[nH]c(Br)c12. The van der Waals surface area contributed by atoms with Gasteiger partial charge in [-0.25, -0.2) is 14.4 Å². The number of aromatic nitrogens is 4. The highest BCUT2D eigenvalue weighted by Gasteiger charge is 2.51.